The summed E-state index contributed by atoms with van der Waals surface area (Å²) in [5, 5.41) is 4.95. The molecular weight excluding hydrogens is 550 g/mol. The van der Waals surface area contributed by atoms with Gasteiger partial charge in [0, 0.05) is 0 Å². The van der Waals surface area contributed by atoms with Crippen molar-refractivity contribution in [1.82, 2.24) is 10.2 Å². The van der Waals surface area contributed by atoms with Crippen LogP contribution < -0.4 is 28.3 Å². The molecular formula is C25H34N2O10P2. The molecule has 2 aromatic rings. The summed E-state index contributed by atoms with van der Waals surface area (Å²) in [7, 11) is -4.90. The van der Waals surface area contributed by atoms with Crippen LogP contribution in [0.2, 0.25) is 0 Å². The molecule has 2 heterocycles. The Morgan fingerprint density at radius 1 is 0.718 bits per heavy atom. The second-order valence-electron chi connectivity index (χ2n) is 9.11. The third-order valence-corrected chi connectivity index (χ3v) is 9.11. The van der Waals surface area contributed by atoms with Gasteiger partial charge in [-0.05, 0) is 60.1 Å². The van der Waals surface area contributed by atoms with Crippen LogP contribution in [0.5, 0.6) is 23.0 Å². The van der Waals surface area contributed by atoms with Crippen LogP contribution >= 0.6 is 15.5 Å². The van der Waals surface area contributed by atoms with Crippen LogP contribution in [-0.2, 0) is 41.0 Å². The third-order valence-electron chi connectivity index (χ3n) is 6.27. The maximum absolute atomic E-state index is 12.7. The lowest BCUT2D eigenvalue weighted by Gasteiger charge is -2.20. The molecule has 39 heavy (non-hydrogen) atoms. The Morgan fingerprint density at radius 3 is 1.44 bits per heavy atom. The first-order valence-corrected chi connectivity index (χ1v) is 15.0. The molecule has 0 spiro atoms. The van der Waals surface area contributed by atoms with E-state index >= 15 is 0 Å². The zero-order chi connectivity index (χ0) is 27.5. The second kappa shape index (κ2) is 12.4. The number of esters is 2. The SMILES string of the molecule is C.COC(=O)CNP1(=O)Oc2ccc(CC(C)C(C)Cc3ccc4c(c3)OP(=O)(NCC(=O)OC)O4)cc2O1. The predicted molar refractivity (Wildman–Crippen MR) is 143 cm³/mol. The Hall–Kier alpha value is -3.04. The average Bonchev–Trinajstić information content (AvgIpc) is 3.40. The Kier molecular flexibility index (Phi) is 9.72. The molecule has 214 valence electrons. The van der Waals surface area contributed by atoms with Crippen molar-refractivity contribution < 1.29 is 46.3 Å². The first kappa shape index (κ1) is 30.5. The van der Waals surface area contributed by atoms with E-state index in [1.165, 1.54) is 14.2 Å². The van der Waals surface area contributed by atoms with E-state index in [0.29, 0.717) is 23.0 Å². The molecule has 2 aliphatic heterocycles. The highest BCUT2D eigenvalue weighted by Crippen LogP contribution is 2.56. The van der Waals surface area contributed by atoms with Gasteiger partial charge in [-0.25, -0.2) is 9.13 Å². The molecule has 0 fully saturated rings. The van der Waals surface area contributed by atoms with E-state index in [0.717, 1.165) is 24.0 Å². The average molecular weight is 584 g/mol. The smallest absolute Gasteiger partial charge is 0.468 e. The summed E-state index contributed by atoms with van der Waals surface area (Å²) in [4.78, 5) is 22.7. The maximum atomic E-state index is 12.7. The standard InChI is InChI=1S/C24H30N2O10P2.CH4/c1-15(9-17-5-7-19-21(11-17)35-37(29,33-19)25-13-23(27)31-3)16(2)10-18-6-8-20-22(12-18)36-38(30,34-20)26-14-24(28)32-4;/h5-8,11-12,15-16H,9-10,13-14H2,1-4H3,(H,25,29)(H,26,30);1H4. The molecule has 0 saturated heterocycles. The van der Waals surface area contributed by atoms with Crippen LogP contribution in [0.15, 0.2) is 36.4 Å². The van der Waals surface area contributed by atoms with Crippen molar-refractivity contribution in [2.24, 2.45) is 11.8 Å². The van der Waals surface area contributed by atoms with Crippen molar-refractivity contribution in [2.75, 3.05) is 27.3 Å². The summed E-state index contributed by atoms with van der Waals surface area (Å²) in [6.45, 7) is 3.67. The fraction of sp³-hybridized carbons (Fsp3) is 0.440. The number of fused-ring (bicyclic) bond motifs is 2. The highest BCUT2D eigenvalue weighted by Gasteiger charge is 2.38. The molecule has 0 saturated carbocycles. The molecule has 0 radical (unpaired) electrons. The second-order valence-corrected chi connectivity index (χ2v) is 12.5. The van der Waals surface area contributed by atoms with Crippen LogP contribution in [0.25, 0.3) is 0 Å². The van der Waals surface area contributed by atoms with Crippen molar-refractivity contribution in [1.29, 1.82) is 0 Å². The molecule has 0 aliphatic carbocycles. The van der Waals surface area contributed by atoms with Gasteiger partial charge in [-0.1, -0.05) is 33.4 Å². The molecule has 0 aromatic heterocycles. The van der Waals surface area contributed by atoms with Crippen LogP contribution in [0, 0.1) is 11.8 Å². The molecule has 2 N–H and O–H groups in total. The van der Waals surface area contributed by atoms with E-state index in [-0.39, 0.29) is 32.4 Å². The minimum Gasteiger partial charge on any atom is -0.468 e. The number of hydrogen-bond donors (Lipinski definition) is 2. The van der Waals surface area contributed by atoms with Crippen molar-refractivity contribution in [3.8, 4) is 23.0 Å². The van der Waals surface area contributed by atoms with E-state index in [1.807, 2.05) is 12.1 Å². The van der Waals surface area contributed by atoms with E-state index in [2.05, 4.69) is 33.5 Å². The molecule has 4 unspecified atom stereocenters. The van der Waals surface area contributed by atoms with Gasteiger partial charge in [0.05, 0.1) is 14.2 Å². The van der Waals surface area contributed by atoms with Gasteiger partial charge in [0.1, 0.15) is 13.1 Å². The van der Waals surface area contributed by atoms with Crippen molar-refractivity contribution in [3.63, 3.8) is 0 Å². The van der Waals surface area contributed by atoms with Gasteiger partial charge in [0.2, 0.25) is 0 Å². The maximum Gasteiger partial charge on any atom is 0.513 e. The largest absolute Gasteiger partial charge is 0.513 e. The zero-order valence-electron chi connectivity index (χ0n) is 21.4. The highest BCUT2D eigenvalue weighted by atomic mass is 31.2. The zero-order valence-corrected chi connectivity index (χ0v) is 23.2. The van der Waals surface area contributed by atoms with Crippen molar-refractivity contribution >= 4 is 27.4 Å². The molecule has 0 bridgehead atoms. The van der Waals surface area contributed by atoms with Gasteiger partial charge >= 0.3 is 27.4 Å². The molecule has 2 aliphatic rings. The number of carbonyl (C=O) groups excluding carboxylic acids is 2. The molecule has 0 amide bonds. The predicted octanol–water partition coefficient (Wildman–Crippen LogP) is 4.66. The fourth-order valence-corrected chi connectivity index (χ4v) is 6.55. The summed E-state index contributed by atoms with van der Waals surface area (Å²) in [6, 6.07) is 10.8. The Bertz CT molecular complexity index is 1220. The Morgan fingerprint density at radius 2 is 1.08 bits per heavy atom. The lowest BCUT2D eigenvalue weighted by Crippen LogP contribution is -2.24. The minimum atomic E-state index is -3.69. The normalized spacial score (nSPS) is 21.9. The summed E-state index contributed by atoms with van der Waals surface area (Å²) in [5.74, 6) is 0.740. The number of rotatable bonds is 11. The van der Waals surface area contributed by atoms with Crippen LogP contribution in [0.3, 0.4) is 0 Å². The lowest BCUT2D eigenvalue weighted by molar-refractivity contribution is -0.140. The van der Waals surface area contributed by atoms with Gasteiger partial charge in [-0.15, -0.1) is 0 Å². The Balaban J connectivity index is 0.00000420. The number of methoxy groups -OCH3 is 2. The monoisotopic (exact) mass is 584 g/mol. The van der Waals surface area contributed by atoms with Crippen LogP contribution in [0.4, 0.5) is 0 Å². The van der Waals surface area contributed by atoms with Gasteiger partial charge in [0.15, 0.2) is 23.0 Å². The number of nitrogens with one attached hydrogen (secondary N) is 2. The number of benzene rings is 2. The molecule has 4 rings (SSSR count). The summed E-state index contributed by atoms with van der Waals surface area (Å²) < 4.78 is 56.3. The molecule has 4 atom stereocenters. The first-order valence-electron chi connectivity index (χ1n) is 11.9. The minimum absolute atomic E-state index is 0. The van der Waals surface area contributed by atoms with E-state index in [1.54, 1.807) is 24.3 Å². The quantitative estimate of drug-likeness (QED) is 0.279. The molecule has 2 aromatic carbocycles. The van der Waals surface area contributed by atoms with E-state index in [9.17, 15) is 18.7 Å². The van der Waals surface area contributed by atoms with Crippen LogP contribution in [0.1, 0.15) is 32.4 Å². The highest BCUT2D eigenvalue weighted by molar-refractivity contribution is 7.53. The Labute approximate surface area is 227 Å². The first-order chi connectivity index (χ1) is 18.0. The summed E-state index contributed by atoms with van der Waals surface area (Å²) in [6.07, 6.45) is 1.46. The third kappa shape index (κ3) is 7.54. The molecule has 12 nitrogen and oxygen atoms in total. The number of ether oxygens (including phenoxy) is 2. The molecule has 14 heteroatoms. The van der Waals surface area contributed by atoms with Crippen molar-refractivity contribution in [2.45, 2.75) is 34.1 Å². The van der Waals surface area contributed by atoms with Crippen LogP contribution in [-0.4, -0.2) is 39.2 Å². The number of hydrogen-bond acceptors (Lipinski definition) is 10. The summed E-state index contributed by atoms with van der Waals surface area (Å²) in [5.41, 5.74) is 1.97. The van der Waals surface area contributed by atoms with E-state index in [4.69, 9.17) is 18.1 Å². The van der Waals surface area contributed by atoms with Gasteiger partial charge in [-0.3, -0.25) is 9.59 Å². The van der Waals surface area contributed by atoms with Crippen molar-refractivity contribution in [3.05, 3.63) is 47.5 Å². The fourth-order valence-electron chi connectivity index (χ4n) is 3.95. The topological polar surface area (TPSA) is 148 Å². The van der Waals surface area contributed by atoms with Gasteiger partial charge < -0.3 is 27.6 Å². The van der Waals surface area contributed by atoms with Gasteiger partial charge in [-0.2, -0.15) is 10.2 Å². The number of carbonyl (C=O) groups is 2. The lowest BCUT2D eigenvalue weighted by atomic mass is 9.85. The van der Waals surface area contributed by atoms with E-state index < -0.39 is 27.4 Å². The van der Waals surface area contributed by atoms with Gasteiger partial charge in [0.25, 0.3) is 0 Å². The summed E-state index contributed by atoms with van der Waals surface area (Å²) >= 11 is 0.